The average molecular weight is 359 g/mol. The van der Waals surface area contributed by atoms with Gasteiger partial charge >= 0.3 is 5.97 Å². The molecule has 0 radical (unpaired) electrons. The minimum atomic E-state index is -0.381. The van der Waals surface area contributed by atoms with Gasteiger partial charge in [0, 0.05) is 17.4 Å². The second-order valence-electron chi connectivity index (χ2n) is 5.69. The first-order valence-electron chi connectivity index (χ1n) is 8.15. The van der Waals surface area contributed by atoms with Gasteiger partial charge in [0.05, 0.1) is 24.3 Å². The van der Waals surface area contributed by atoms with Crippen LogP contribution in [-0.4, -0.2) is 23.0 Å². The molecule has 0 fully saturated rings. The number of esters is 1. The molecule has 0 amide bonds. The third-order valence-corrected chi connectivity index (χ3v) is 3.70. The van der Waals surface area contributed by atoms with Crippen molar-refractivity contribution in [2.24, 2.45) is 0 Å². The van der Waals surface area contributed by atoms with E-state index in [0.29, 0.717) is 28.6 Å². The Hall–Kier alpha value is -3.92. The van der Waals surface area contributed by atoms with Gasteiger partial charge in [-0.15, -0.1) is 0 Å². The lowest BCUT2D eigenvalue weighted by Crippen LogP contribution is -2.03. The monoisotopic (exact) mass is 359 g/mol. The van der Waals surface area contributed by atoms with Crippen LogP contribution in [0.15, 0.2) is 54.6 Å². The van der Waals surface area contributed by atoms with Crippen molar-refractivity contribution in [1.29, 1.82) is 5.26 Å². The van der Waals surface area contributed by atoms with Crippen molar-refractivity contribution in [3.63, 3.8) is 0 Å². The van der Waals surface area contributed by atoms with Crippen molar-refractivity contribution >= 4 is 29.0 Å². The number of aromatic nitrogens is 2. The first-order chi connectivity index (χ1) is 13.1. The van der Waals surface area contributed by atoms with Crippen LogP contribution >= 0.6 is 0 Å². The summed E-state index contributed by atoms with van der Waals surface area (Å²) in [6.45, 7) is 1.80. The maximum Gasteiger partial charge on any atom is 0.337 e. The Labute approximate surface area is 156 Å². The van der Waals surface area contributed by atoms with E-state index >= 15 is 0 Å². The molecule has 7 heteroatoms. The lowest BCUT2D eigenvalue weighted by molar-refractivity contribution is 0.0601. The van der Waals surface area contributed by atoms with Gasteiger partial charge in [0.1, 0.15) is 17.5 Å². The van der Waals surface area contributed by atoms with E-state index in [4.69, 9.17) is 10.00 Å². The van der Waals surface area contributed by atoms with Gasteiger partial charge in [0.25, 0.3) is 0 Å². The number of hydrogen-bond donors (Lipinski definition) is 2. The Morgan fingerprint density at radius 1 is 0.963 bits per heavy atom. The minimum absolute atomic E-state index is 0.381. The molecule has 2 N–H and O–H groups in total. The third-order valence-electron chi connectivity index (χ3n) is 3.70. The molecule has 0 bridgehead atoms. The number of carbonyl (C=O) groups excluding carboxylic acids is 1. The summed E-state index contributed by atoms with van der Waals surface area (Å²) >= 11 is 0. The number of nitriles is 1. The second kappa shape index (κ2) is 7.97. The van der Waals surface area contributed by atoms with Gasteiger partial charge in [0.2, 0.25) is 0 Å². The number of nitrogens with zero attached hydrogens (tertiary/aromatic N) is 3. The Bertz CT molecular complexity index is 992. The highest BCUT2D eigenvalue weighted by atomic mass is 16.5. The summed E-state index contributed by atoms with van der Waals surface area (Å²) in [5.74, 6) is 1.46. The number of ether oxygens (including phenoxy) is 1. The predicted molar refractivity (Wildman–Crippen MR) is 102 cm³/mol. The van der Waals surface area contributed by atoms with Crippen LogP contribution in [0.2, 0.25) is 0 Å². The predicted octanol–water partition coefficient (Wildman–Crippen LogP) is 3.93. The summed E-state index contributed by atoms with van der Waals surface area (Å²) in [6, 6.07) is 17.9. The van der Waals surface area contributed by atoms with Crippen molar-refractivity contribution in [2.45, 2.75) is 6.92 Å². The lowest BCUT2D eigenvalue weighted by atomic mass is 10.2. The Morgan fingerprint density at radius 3 is 1.96 bits per heavy atom. The molecule has 3 aromatic rings. The third kappa shape index (κ3) is 4.58. The number of carbonyl (C=O) groups is 1. The molecule has 0 unspecified atom stereocenters. The van der Waals surface area contributed by atoms with Crippen molar-refractivity contribution in [3.8, 4) is 6.07 Å². The molecule has 0 atom stereocenters. The van der Waals surface area contributed by atoms with Gasteiger partial charge in [-0.05, 0) is 55.5 Å². The quantitative estimate of drug-likeness (QED) is 0.666. The normalized spacial score (nSPS) is 9.96. The number of methoxy groups -OCH3 is 1. The van der Waals surface area contributed by atoms with Crippen molar-refractivity contribution < 1.29 is 9.53 Å². The molecule has 7 nitrogen and oxygen atoms in total. The van der Waals surface area contributed by atoms with Gasteiger partial charge in [-0.1, -0.05) is 0 Å². The zero-order chi connectivity index (χ0) is 19.2. The number of aryl methyl sites for hydroxylation is 1. The molecule has 0 aliphatic rings. The summed E-state index contributed by atoms with van der Waals surface area (Å²) in [5, 5.41) is 15.2. The molecular formula is C20H17N5O2. The topological polar surface area (TPSA) is 99.9 Å². The van der Waals surface area contributed by atoms with Gasteiger partial charge in [-0.3, -0.25) is 0 Å². The number of rotatable bonds is 5. The highest BCUT2D eigenvalue weighted by molar-refractivity contribution is 5.89. The molecule has 27 heavy (non-hydrogen) atoms. The fraction of sp³-hybridized carbons (Fsp3) is 0.100. The maximum absolute atomic E-state index is 11.5. The lowest BCUT2D eigenvalue weighted by Gasteiger charge is -2.10. The Morgan fingerprint density at radius 2 is 1.48 bits per heavy atom. The van der Waals surface area contributed by atoms with Gasteiger partial charge < -0.3 is 15.4 Å². The zero-order valence-electron chi connectivity index (χ0n) is 14.9. The van der Waals surface area contributed by atoms with E-state index in [-0.39, 0.29) is 5.97 Å². The van der Waals surface area contributed by atoms with Crippen molar-refractivity contribution in [1.82, 2.24) is 9.97 Å². The first-order valence-corrected chi connectivity index (χ1v) is 8.15. The van der Waals surface area contributed by atoms with Crippen molar-refractivity contribution in [3.05, 3.63) is 71.5 Å². The van der Waals surface area contributed by atoms with E-state index in [1.54, 1.807) is 49.4 Å². The largest absolute Gasteiger partial charge is 0.465 e. The molecule has 0 saturated heterocycles. The summed E-state index contributed by atoms with van der Waals surface area (Å²) in [5.41, 5.74) is 2.67. The van der Waals surface area contributed by atoms with Crippen LogP contribution in [0.5, 0.6) is 0 Å². The van der Waals surface area contributed by atoms with E-state index in [9.17, 15) is 4.79 Å². The van der Waals surface area contributed by atoms with Crippen LogP contribution in [0.3, 0.4) is 0 Å². The standard InChI is InChI=1S/C20H17N5O2/c1-13-22-18(24-16-7-3-14(12-21)4-8-16)11-19(23-13)25-17-9-5-15(6-10-17)20(26)27-2/h3-11H,1-2H3,(H2,22,23,24,25). The molecule has 0 aliphatic heterocycles. The van der Waals surface area contributed by atoms with Crippen LogP contribution in [0.1, 0.15) is 21.7 Å². The SMILES string of the molecule is COC(=O)c1ccc(Nc2cc(Nc3ccc(C#N)cc3)nc(C)n2)cc1. The van der Waals surface area contributed by atoms with Gasteiger partial charge in [-0.25, -0.2) is 14.8 Å². The summed E-state index contributed by atoms with van der Waals surface area (Å²) < 4.78 is 4.69. The van der Waals surface area contributed by atoms with E-state index in [0.717, 1.165) is 11.4 Å². The Balaban J connectivity index is 1.76. The number of hydrogen-bond acceptors (Lipinski definition) is 7. The molecule has 2 aromatic carbocycles. The average Bonchev–Trinajstić information content (AvgIpc) is 2.68. The minimum Gasteiger partial charge on any atom is -0.465 e. The summed E-state index contributed by atoms with van der Waals surface area (Å²) in [7, 11) is 1.35. The van der Waals surface area contributed by atoms with Gasteiger partial charge in [0.15, 0.2) is 0 Å². The molecule has 1 heterocycles. The van der Waals surface area contributed by atoms with E-state index in [2.05, 4.69) is 26.7 Å². The molecule has 0 spiro atoms. The molecule has 3 rings (SSSR count). The fourth-order valence-corrected chi connectivity index (χ4v) is 2.43. The van der Waals surface area contributed by atoms with Crippen LogP contribution in [-0.2, 0) is 4.74 Å². The van der Waals surface area contributed by atoms with Crippen molar-refractivity contribution in [2.75, 3.05) is 17.7 Å². The number of benzene rings is 2. The highest BCUT2D eigenvalue weighted by Crippen LogP contribution is 2.21. The van der Waals surface area contributed by atoms with Gasteiger partial charge in [-0.2, -0.15) is 5.26 Å². The summed E-state index contributed by atoms with van der Waals surface area (Å²) in [6.07, 6.45) is 0. The van der Waals surface area contributed by atoms with E-state index < -0.39 is 0 Å². The fourth-order valence-electron chi connectivity index (χ4n) is 2.43. The maximum atomic E-state index is 11.5. The molecule has 134 valence electrons. The van der Waals surface area contributed by atoms with Crippen LogP contribution < -0.4 is 10.6 Å². The summed E-state index contributed by atoms with van der Waals surface area (Å²) in [4.78, 5) is 20.2. The number of nitrogens with one attached hydrogen (secondary N) is 2. The Kier molecular flexibility index (Phi) is 5.28. The number of anilines is 4. The molecule has 1 aromatic heterocycles. The second-order valence-corrected chi connectivity index (χ2v) is 5.69. The molecular weight excluding hydrogens is 342 g/mol. The zero-order valence-corrected chi connectivity index (χ0v) is 14.9. The first kappa shape index (κ1) is 17.9. The van der Waals surface area contributed by atoms with Crippen LogP contribution in [0.4, 0.5) is 23.0 Å². The van der Waals surface area contributed by atoms with E-state index in [1.165, 1.54) is 7.11 Å². The van der Waals surface area contributed by atoms with Crippen LogP contribution in [0.25, 0.3) is 0 Å². The highest BCUT2D eigenvalue weighted by Gasteiger charge is 2.06. The van der Waals surface area contributed by atoms with Crippen LogP contribution in [0, 0.1) is 18.3 Å². The van der Waals surface area contributed by atoms with E-state index in [1.807, 2.05) is 12.1 Å². The molecule has 0 aliphatic carbocycles. The smallest absolute Gasteiger partial charge is 0.337 e. The molecule has 0 saturated carbocycles.